The number of anilines is 1. The van der Waals surface area contributed by atoms with Gasteiger partial charge in [0.1, 0.15) is 0 Å². The van der Waals surface area contributed by atoms with Gasteiger partial charge in [-0.05, 0) is 13.0 Å². The Morgan fingerprint density at radius 3 is 2.62 bits per heavy atom. The van der Waals surface area contributed by atoms with Crippen molar-refractivity contribution < 1.29 is 9.59 Å². The van der Waals surface area contributed by atoms with Crippen molar-refractivity contribution in [2.24, 2.45) is 0 Å². The molecule has 0 heterocycles. The lowest BCUT2D eigenvalue weighted by Crippen LogP contribution is -2.06. The summed E-state index contributed by atoms with van der Waals surface area (Å²) < 4.78 is 0. The first-order chi connectivity index (χ1) is 6.09. The average molecular weight is 176 g/mol. The van der Waals surface area contributed by atoms with E-state index in [-0.39, 0.29) is 11.7 Å². The maximum absolute atomic E-state index is 11.0. The second-order valence-corrected chi connectivity index (χ2v) is 2.73. The Bertz CT molecular complexity index is 345. The standard InChI is InChI=1S/C10H10NO2/c1-7(12)9-4-3-5-10(6-9)11-8(2)13/h3-4,6H,1-2H3,(H,11,13). The fourth-order valence-corrected chi connectivity index (χ4v) is 0.947. The Labute approximate surface area is 76.8 Å². The van der Waals surface area contributed by atoms with Gasteiger partial charge in [0.25, 0.3) is 0 Å². The molecule has 0 unspecified atom stereocenters. The fraction of sp³-hybridized carbons (Fsp3) is 0.200. The minimum absolute atomic E-state index is 0.0272. The molecule has 1 aromatic carbocycles. The third kappa shape index (κ3) is 2.71. The third-order valence-corrected chi connectivity index (χ3v) is 1.52. The lowest BCUT2D eigenvalue weighted by molar-refractivity contribution is -0.114. The highest BCUT2D eigenvalue weighted by atomic mass is 16.1. The molecule has 0 atom stereocenters. The lowest BCUT2D eigenvalue weighted by Gasteiger charge is -2.01. The molecule has 13 heavy (non-hydrogen) atoms. The van der Waals surface area contributed by atoms with E-state index in [0.717, 1.165) is 0 Å². The van der Waals surface area contributed by atoms with Crippen molar-refractivity contribution in [1.82, 2.24) is 0 Å². The molecule has 1 amide bonds. The fourth-order valence-electron chi connectivity index (χ4n) is 0.947. The van der Waals surface area contributed by atoms with Crippen LogP contribution in [0.3, 0.4) is 0 Å². The summed E-state index contributed by atoms with van der Waals surface area (Å²) in [4.78, 5) is 21.6. The van der Waals surface area contributed by atoms with Crippen LogP contribution in [0, 0.1) is 6.07 Å². The van der Waals surface area contributed by atoms with E-state index in [9.17, 15) is 9.59 Å². The van der Waals surface area contributed by atoms with Gasteiger partial charge in [-0.1, -0.05) is 12.1 Å². The summed E-state index contributed by atoms with van der Waals surface area (Å²) in [6.07, 6.45) is 0. The summed E-state index contributed by atoms with van der Waals surface area (Å²) >= 11 is 0. The van der Waals surface area contributed by atoms with E-state index in [4.69, 9.17) is 0 Å². The minimum atomic E-state index is -0.169. The largest absolute Gasteiger partial charge is 0.326 e. The van der Waals surface area contributed by atoms with E-state index in [0.29, 0.717) is 11.3 Å². The molecule has 1 rings (SSSR count). The zero-order chi connectivity index (χ0) is 9.84. The van der Waals surface area contributed by atoms with Crippen LogP contribution in [0.4, 0.5) is 5.69 Å². The van der Waals surface area contributed by atoms with Crippen LogP contribution < -0.4 is 5.32 Å². The molecule has 0 bridgehead atoms. The minimum Gasteiger partial charge on any atom is -0.326 e. The molecule has 1 N–H and O–H groups in total. The first kappa shape index (κ1) is 9.45. The molecule has 0 saturated heterocycles. The molecule has 0 aromatic heterocycles. The molecule has 0 spiro atoms. The van der Waals surface area contributed by atoms with Crippen LogP contribution in [-0.2, 0) is 4.79 Å². The Hall–Kier alpha value is -1.64. The van der Waals surface area contributed by atoms with Crippen molar-refractivity contribution in [2.75, 3.05) is 5.32 Å². The van der Waals surface area contributed by atoms with Gasteiger partial charge in [-0.25, -0.2) is 0 Å². The number of ketones is 1. The highest BCUT2D eigenvalue weighted by Gasteiger charge is 2.00. The number of carbonyl (C=O) groups is 2. The first-order valence-corrected chi connectivity index (χ1v) is 3.90. The average Bonchev–Trinajstić information content (AvgIpc) is 2.03. The summed E-state index contributed by atoms with van der Waals surface area (Å²) in [6, 6.07) is 7.69. The van der Waals surface area contributed by atoms with Crippen LogP contribution in [0.1, 0.15) is 24.2 Å². The van der Waals surface area contributed by atoms with Crippen molar-refractivity contribution in [3.05, 3.63) is 29.8 Å². The van der Waals surface area contributed by atoms with Crippen molar-refractivity contribution >= 4 is 17.4 Å². The Kier molecular flexibility index (Phi) is 2.80. The van der Waals surface area contributed by atoms with E-state index in [1.807, 2.05) is 0 Å². The molecule has 67 valence electrons. The summed E-state index contributed by atoms with van der Waals surface area (Å²) in [5.74, 6) is -0.197. The van der Waals surface area contributed by atoms with Crippen molar-refractivity contribution in [2.45, 2.75) is 13.8 Å². The van der Waals surface area contributed by atoms with Crippen LogP contribution in [0.2, 0.25) is 0 Å². The Morgan fingerprint density at radius 2 is 2.08 bits per heavy atom. The first-order valence-electron chi connectivity index (χ1n) is 3.90. The topological polar surface area (TPSA) is 46.2 Å². The summed E-state index contributed by atoms with van der Waals surface area (Å²) in [6.45, 7) is 2.89. The highest BCUT2D eigenvalue weighted by molar-refractivity contribution is 5.96. The van der Waals surface area contributed by atoms with E-state index in [1.54, 1.807) is 18.2 Å². The van der Waals surface area contributed by atoms with Gasteiger partial charge in [-0.3, -0.25) is 9.59 Å². The van der Waals surface area contributed by atoms with Gasteiger partial charge in [0, 0.05) is 24.2 Å². The van der Waals surface area contributed by atoms with E-state index >= 15 is 0 Å². The predicted molar refractivity (Wildman–Crippen MR) is 49.6 cm³/mol. The number of hydrogen-bond acceptors (Lipinski definition) is 2. The van der Waals surface area contributed by atoms with Crippen LogP contribution in [0.25, 0.3) is 0 Å². The molecule has 3 nitrogen and oxygen atoms in total. The quantitative estimate of drug-likeness (QED) is 0.696. The number of rotatable bonds is 2. The van der Waals surface area contributed by atoms with Gasteiger partial charge in [-0.15, -0.1) is 0 Å². The van der Waals surface area contributed by atoms with Crippen LogP contribution in [-0.4, -0.2) is 11.7 Å². The van der Waals surface area contributed by atoms with Gasteiger partial charge >= 0.3 is 0 Å². The Morgan fingerprint density at radius 1 is 1.38 bits per heavy atom. The summed E-state index contributed by atoms with van der Waals surface area (Å²) in [5.41, 5.74) is 1.10. The molecule has 0 saturated carbocycles. The van der Waals surface area contributed by atoms with Gasteiger partial charge in [0.15, 0.2) is 5.78 Å². The number of amides is 1. The number of hydrogen-bond donors (Lipinski definition) is 1. The maximum atomic E-state index is 11.0. The van der Waals surface area contributed by atoms with Gasteiger partial charge < -0.3 is 5.32 Å². The van der Waals surface area contributed by atoms with E-state index in [2.05, 4.69) is 11.4 Å². The van der Waals surface area contributed by atoms with Crippen LogP contribution in [0.5, 0.6) is 0 Å². The van der Waals surface area contributed by atoms with Crippen LogP contribution in [0.15, 0.2) is 18.2 Å². The molecule has 1 radical (unpaired) electrons. The monoisotopic (exact) mass is 176 g/mol. The molecular formula is C10H10NO2. The molecule has 0 aliphatic carbocycles. The lowest BCUT2D eigenvalue weighted by atomic mass is 10.1. The number of nitrogens with one attached hydrogen (secondary N) is 1. The Balaban J connectivity index is 2.91. The third-order valence-electron chi connectivity index (χ3n) is 1.52. The summed E-state index contributed by atoms with van der Waals surface area (Å²) in [7, 11) is 0. The second kappa shape index (κ2) is 3.85. The number of Topliss-reactive ketones (excluding diaryl/α,β-unsaturated/α-hetero) is 1. The van der Waals surface area contributed by atoms with E-state index in [1.165, 1.54) is 13.8 Å². The number of benzene rings is 1. The smallest absolute Gasteiger partial charge is 0.221 e. The van der Waals surface area contributed by atoms with Gasteiger partial charge in [0.2, 0.25) is 5.91 Å². The normalized spacial score (nSPS) is 9.38. The van der Waals surface area contributed by atoms with Crippen LogP contribution >= 0.6 is 0 Å². The second-order valence-electron chi connectivity index (χ2n) is 2.73. The van der Waals surface area contributed by atoms with Crippen molar-refractivity contribution in [1.29, 1.82) is 0 Å². The zero-order valence-corrected chi connectivity index (χ0v) is 7.55. The van der Waals surface area contributed by atoms with Gasteiger partial charge in [-0.2, -0.15) is 0 Å². The zero-order valence-electron chi connectivity index (χ0n) is 7.55. The number of carbonyl (C=O) groups excluding carboxylic acids is 2. The maximum Gasteiger partial charge on any atom is 0.221 e. The van der Waals surface area contributed by atoms with Crippen molar-refractivity contribution in [3.63, 3.8) is 0 Å². The highest BCUT2D eigenvalue weighted by Crippen LogP contribution is 2.09. The molecule has 3 heteroatoms. The van der Waals surface area contributed by atoms with E-state index < -0.39 is 0 Å². The predicted octanol–water partition coefficient (Wildman–Crippen LogP) is 1.65. The molecule has 0 aliphatic rings. The summed E-state index contributed by atoms with van der Waals surface area (Å²) in [5, 5.41) is 2.55. The molecular weight excluding hydrogens is 166 g/mol. The molecule has 0 fully saturated rings. The van der Waals surface area contributed by atoms with Gasteiger partial charge in [0.05, 0.1) is 0 Å². The molecule has 1 aromatic rings. The molecule has 0 aliphatic heterocycles. The van der Waals surface area contributed by atoms with Crippen molar-refractivity contribution in [3.8, 4) is 0 Å². The SMILES string of the molecule is CC(=O)Nc1[c]ccc(C(C)=O)c1.